The fraction of sp³-hybridized carbons (Fsp3) is 0.333. The Hall–Kier alpha value is -1.66. The molecule has 2 aromatic rings. The van der Waals surface area contributed by atoms with Crippen LogP contribution in [0.4, 0.5) is 10.1 Å². The molecule has 0 bridgehead atoms. The average molecular weight is 284 g/mol. The van der Waals surface area contributed by atoms with Crippen LogP contribution in [0.1, 0.15) is 0 Å². The summed E-state index contributed by atoms with van der Waals surface area (Å²) in [6.45, 7) is 2.33. The molecular formula is C12H11ClFN3O2. The first-order valence-corrected chi connectivity index (χ1v) is 6.25. The average Bonchev–Trinajstić information content (AvgIpc) is 2.40. The van der Waals surface area contributed by atoms with E-state index in [1.165, 1.54) is 6.07 Å². The van der Waals surface area contributed by atoms with E-state index in [0.29, 0.717) is 37.5 Å². The maximum absolute atomic E-state index is 14.1. The molecule has 1 aromatic heterocycles. The molecule has 1 aromatic carbocycles. The van der Waals surface area contributed by atoms with E-state index >= 15 is 0 Å². The first kappa shape index (κ1) is 12.4. The monoisotopic (exact) mass is 283 g/mol. The van der Waals surface area contributed by atoms with Crippen molar-refractivity contribution in [3.63, 3.8) is 0 Å². The standard InChI is InChI=1S/C12H11ClFN3O2/c13-12-15-9-6-10(17-1-3-19-4-2-17)8(14)5-7(9)11(18)16-12/h5-6H,1-4H2,(H,15,16,18). The molecule has 0 unspecified atom stereocenters. The molecule has 0 saturated carbocycles. The van der Waals surface area contributed by atoms with Gasteiger partial charge in [-0.05, 0) is 23.7 Å². The van der Waals surface area contributed by atoms with E-state index in [-0.39, 0.29) is 10.7 Å². The highest BCUT2D eigenvalue weighted by Crippen LogP contribution is 2.24. The highest BCUT2D eigenvalue weighted by Gasteiger charge is 2.17. The topological polar surface area (TPSA) is 58.2 Å². The summed E-state index contributed by atoms with van der Waals surface area (Å²) in [7, 11) is 0. The number of aromatic amines is 1. The predicted molar refractivity (Wildman–Crippen MR) is 70.4 cm³/mol. The molecule has 2 heterocycles. The largest absolute Gasteiger partial charge is 0.378 e. The summed E-state index contributed by atoms with van der Waals surface area (Å²) in [6, 6.07) is 2.75. The molecule has 1 fully saturated rings. The van der Waals surface area contributed by atoms with Crippen LogP contribution in [0.25, 0.3) is 10.9 Å². The molecule has 5 nitrogen and oxygen atoms in total. The molecule has 1 saturated heterocycles. The van der Waals surface area contributed by atoms with Crippen LogP contribution in [0, 0.1) is 5.82 Å². The van der Waals surface area contributed by atoms with Gasteiger partial charge in [0.1, 0.15) is 5.82 Å². The lowest BCUT2D eigenvalue weighted by Gasteiger charge is -2.29. The number of rotatable bonds is 1. The number of fused-ring (bicyclic) bond motifs is 1. The number of H-pyrrole nitrogens is 1. The fourth-order valence-electron chi connectivity index (χ4n) is 2.17. The maximum atomic E-state index is 14.1. The van der Waals surface area contributed by atoms with Gasteiger partial charge in [-0.1, -0.05) is 0 Å². The van der Waals surface area contributed by atoms with Gasteiger partial charge in [-0.25, -0.2) is 9.37 Å². The third kappa shape index (κ3) is 2.29. The number of anilines is 1. The van der Waals surface area contributed by atoms with Gasteiger partial charge in [0.25, 0.3) is 5.56 Å². The zero-order chi connectivity index (χ0) is 13.4. The zero-order valence-corrected chi connectivity index (χ0v) is 10.7. The summed E-state index contributed by atoms with van der Waals surface area (Å²) in [5, 5.41) is 0.191. The quantitative estimate of drug-likeness (QED) is 0.807. The third-order valence-electron chi connectivity index (χ3n) is 3.10. The third-order valence-corrected chi connectivity index (χ3v) is 3.28. The molecule has 0 spiro atoms. The Morgan fingerprint density at radius 3 is 2.84 bits per heavy atom. The number of nitrogens with zero attached hydrogens (tertiary/aromatic N) is 2. The lowest BCUT2D eigenvalue weighted by molar-refractivity contribution is 0.122. The van der Waals surface area contributed by atoms with Crippen LogP contribution < -0.4 is 10.5 Å². The number of morpholine rings is 1. The van der Waals surface area contributed by atoms with Gasteiger partial charge in [0.2, 0.25) is 5.28 Å². The first-order valence-electron chi connectivity index (χ1n) is 5.87. The van der Waals surface area contributed by atoms with Crippen LogP contribution in [0.15, 0.2) is 16.9 Å². The number of benzene rings is 1. The van der Waals surface area contributed by atoms with Gasteiger partial charge in [-0.2, -0.15) is 0 Å². The molecule has 7 heteroatoms. The van der Waals surface area contributed by atoms with Gasteiger partial charge in [0.05, 0.1) is 29.8 Å². The first-order chi connectivity index (χ1) is 9.15. The molecule has 0 aliphatic carbocycles. The fourth-order valence-corrected chi connectivity index (χ4v) is 2.34. The van der Waals surface area contributed by atoms with Gasteiger partial charge in [0.15, 0.2) is 0 Å². The van der Waals surface area contributed by atoms with Crippen LogP contribution in [0.2, 0.25) is 5.28 Å². The Bertz CT molecular complexity index is 682. The number of hydrogen-bond acceptors (Lipinski definition) is 4. The normalized spacial score (nSPS) is 16.0. The summed E-state index contributed by atoms with van der Waals surface area (Å²) >= 11 is 5.71. The summed E-state index contributed by atoms with van der Waals surface area (Å²) in [5.41, 5.74) is 0.365. The van der Waals surface area contributed by atoms with E-state index in [2.05, 4.69) is 9.97 Å². The van der Waals surface area contributed by atoms with Gasteiger partial charge in [0, 0.05) is 13.1 Å². The van der Waals surface area contributed by atoms with Crippen LogP contribution in [-0.2, 0) is 4.74 Å². The molecule has 0 radical (unpaired) electrons. The lowest BCUT2D eigenvalue weighted by atomic mass is 10.2. The Morgan fingerprint density at radius 2 is 2.11 bits per heavy atom. The van der Waals surface area contributed by atoms with E-state index < -0.39 is 11.4 Å². The number of aromatic nitrogens is 2. The Kier molecular flexibility index (Phi) is 3.12. The van der Waals surface area contributed by atoms with Crippen molar-refractivity contribution in [3.05, 3.63) is 33.6 Å². The molecular weight excluding hydrogens is 273 g/mol. The van der Waals surface area contributed by atoms with Gasteiger partial charge < -0.3 is 9.64 Å². The summed E-state index contributed by atoms with van der Waals surface area (Å²) in [5.74, 6) is -0.441. The summed E-state index contributed by atoms with van der Waals surface area (Å²) in [4.78, 5) is 19.9. The van der Waals surface area contributed by atoms with Crippen molar-refractivity contribution in [2.75, 3.05) is 31.2 Å². The SMILES string of the molecule is O=c1[nH]c(Cl)nc2cc(N3CCOCC3)c(F)cc12. The number of hydrogen-bond donors (Lipinski definition) is 1. The van der Waals surface area contributed by atoms with Crippen molar-refractivity contribution in [3.8, 4) is 0 Å². The second kappa shape index (κ2) is 4.79. The summed E-state index contributed by atoms with van der Waals surface area (Å²) in [6.07, 6.45) is 0. The van der Waals surface area contributed by atoms with Crippen LogP contribution >= 0.6 is 11.6 Å². The van der Waals surface area contributed by atoms with Gasteiger partial charge >= 0.3 is 0 Å². The maximum Gasteiger partial charge on any atom is 0.259 e. The highest BCUT2D eigenvalue weighted by molar-refractivity contribution is 6.28. The van der Waals surface area contributed by atoms with E-state index in [9.17, 15) is 9.18 Å². The van der Waals surface area contributed by atoms with Crippen molar-refractivity contribution >= 4 is 28.2 Å². The molecule has 1 aliphatic rings. The van der Waals surface area contributed by atoms with Gasteiger partial charge in [-0.3, -0.25) is 9.78 Å². The molecule has 100 valence electrons. The van der Waals surface area contributed by atoms with Gasteiger partial charge in [-0.15, -0.1) is 0 Å². The van der Waals surface area contributed by atoms with Crippen LogP contribution in [-0.4, -0.2) is 36.3 Å². The Labute approximate surface area is 113 Å². The van der Waals surface area contributed by atoms with Crippen molar-refractivity contribution in [2.24, 2.45) is 0 Å². The molecule has 1 aliphatic heterocycles. The van der Waals surface area contributed by atoms with E-state index in [1.54, 1.807) is 6.07 Å². The second-order valence-electron chi connectivity index (χ2n) is 4.28. The van der Waals surface area contributed by atoms with Crippen molar-refractivity contribution in [1.82, 2.24) is 9.97 Å². The molecule has 0 atom stereocenters. The highest BCUT2D eigenvalue weighted by atomic mass is 35.5. The van der Waals surface area contributed by atoms with Crippen molar-refractivity contribution in [2.45, 2.75) is 0 Å². The predicted octanol–water partition coefficient (Wildman–Crippen LogP) is 1.55. The van der Waals surface area contributed by atoms with Crippen LogP contribution in [0.3, 0.4) is 0 Å². The van der Waals surface area contributed by atoms with Crippen LogP contribution in [0.5, 0.6) is 0 Å². The molecule has 19 heavy (non-hydrogen) atoms. The molecule has 1 N–H and O–H groups in total. The van der Waals surface area contributed by atoms with E-state index in [4.69, 9.17) is 16.3 Å². The summed E-state index contributed by atoms with van der Waals surface area (Å²) < 4.78 is 19.3. The minimum atomic E-state index is -0.442. The van der Waals surface area contributed by atoms with E-state index in [1.807, 2.05) is 4.90 Å². The second-order valence-corrected chi connectivity index (χ2v) is 4.63. The number of halogens is 2. The lowest BCUT2D eigenvalue weighted by Crippen LogP contribution is -2.36. The Morgan fingerprint density at radius 1 is 1.37 bits per heavy atom. The van der Waals surface area contributed by atoms with Crippen molar-refractivity contribution in [1.29, 1.82) is 0 Å². The minimum absolute atomic E-state index is 0.00274. The molecule has 0 amide bonds. The Balaban J connectivity index is 2.15. The minimum Gasteiger partial charge on any atom is -0.378 e. The zero-order valence-electron chi connectivity index (χ0n) is 9.95. The van der Waals surface area contributed by atoms with Crippen molar-refractivity contribution < 1.29 is 9.13 Å². The van der Waals surface area contributed by atoms with E-state index in [0.717, 1.165) is 0 Å². The number of nitrogens with one attached hydrogen (secondary N) is 1. The molecule has 3 rings (SSSR count). The number of ether oxygens (including phenoxy) is 1. The smallest absolute Gasteiger partial charge is 0.259 e.